The van der Waals surface area contributed by atoms with Crippen LogP contribution in [0.4, 0.5) is 24.7 Å². The summed E-state index contributed by atoms with van der Waals surface area (Å²) in [7, 11) is 0. The molecular formula is C26H21F3N8O2. The molecule has 0 fully saturated rings. The second kappa shape index (κ2) is 9.19. The van der Waals surface area contributed by atoms with Crippen LogP contribution in [0.3, 0.4) is 0 Å². The average molecular weight is 535 g/mol. The molecule has 2 aromatic carbocycles. The summed E-state index contributed by atoms with van der Waals surface area (Å²) < 4.78 is 54.8. The third-order valence-corrected chi connectivity index (χ3v) is 6.00. The van der Waals surface area contributed by atoms with Crippen molar-refractivity contribution >= 4 is 34.0 Å². The fraction of sp³-hybridized carbons (Fsp3) is 0.231. The minimum Gasteiger partial charge on any atom is -0.478 e. The maximum Gasteiger partial charge on any atom is 0.420 e. The smallest absolute Gasteiger partial charge is 0.420 e. The van der Waals surface area contributed by atoms with Crippen molar-refractivity contribution < 1.29 is 22.6 Å². The van der Waals surface area contributed by atoms with Crippen LogP contribution >= 0.6 is 0 Å². The largest absolute Gasteiger partial charge is 0.478 e. The molecule has 0 spiro atoms. The number of aliphatic imine (C=N–C) groups is 1. The molecule has 0 amide bonds. The van der Waals surface area contributed by atoms with E-state index >= 15 is 0 Å². The molecule has 5 aromatic rings. The zero-order valence-electron chi connectivity index (χ0n) is 20.8. The van der Waals surface area contributed by atoms with Crippen LogP contribution in [-0.2, 0) is 17.3 Å². The number of hydrogen-bond acceptors (Lipinski definition) is 9. The third kappa shape index (κ3) is 5.15. The van der Waals surface area contributed by atoms with E-state index in [0.717, 1.165) is 11.6 Å². The first-order valence-corrected chi connectivity index (χ1v) is 11.9. The number of fused-ring (bicyclic) bond motifs is 2. The molecule has 0 bridgehead atoms. The van der Waals surface area contributed by atoms with E-state index in [1.807, 2.05) is 32.0 Å². The van der Waals surface area contributed by atoms with Crippen LogP contribution in [-0.4, -0.2) is 47.6 Å². The molecule has 0 aliphatic carbocycles. The molecule has 0 atom stereocenters. The molecule has 10 nitrogen and oxygen atoms in total. The fourth-order valence-electron chi connectivity index (χ4n) is 4.17. The Labute approximate surface area is 219 Å². The summed E-state index contributed by atoms with van der Waals surface area (Å²) in [4.78, 5) is 17.2. The van der Waals surface area contributed by atoms with Gasteiger partial charge in [-0.1, -0.05) is 6.07 Å². The number of alkyl halides is 3. The van der Waals surface area contributed by atoms with Crippen molar-refractivity contribution in [2.75, 3.05) is 11.9 Å². The first-order valence-electron chi connectivity index (χ1n) is 11.9. The molecule has 3 aromatic heterocycles. The lowest BCUT2D eigenvalue weighted by atomic mass is 10.1. The maximum absolute atomic E-state index is 14.0. The number of halogens is 3. The van der Waals surface area contributed by atoms with Gasteiger partial charge in [-0.15, -0.1) is 10.2 Å². The van der Waals surface area contributed by atoms with Crippen molar-refractivity contribution in [3.8, 4) is 11.6 Å². The number of rotatable bonds is 6. The SMILES string of the molecule is CC1(C)COC(Cc2ccc3ncnc(Nc4ccc(Oc5cc6nncn6cn5)c(C(F)(F)F)c4)c3c2)=N1. The van der Waals surface area contributed by atoms with Crippen LogP contribution < -0.4 is 10.1 Å². The summed E-state index contributed by atoms with van der Waals surface area (Å²) in [6.45, 7) is 4.50. The number of benzene rings is 2. The van der Waals surface area contributed by atoms with E-state index in [2.05, 4.69) is 35.5 Å². The van der Waals surface area contributed by atoms with Gasteiger partial charge in [0.05, 0.1) is 11.1 Å². The van der Waals surface area contributed by atoms with Crippen LogP contribution in [0.1, 0.15) is 25.0 Å². The third-order valence-electron chi connectivity index (χ3n) is 6.00. The molecule has 0 saturated heterocycles. The Hall–Kier alpha value is -4.81. The van der Waals surface area contributed by atoms with Gasteiger partial charge in [-0.2, -0.15) is 13.2 Å². The Morgan fingerprint density at radius 2 is 1.92 bits per heavy atom. The second-order valence-electron chi connectivity index (χ2n) is 9.62. The van der Waals surface area contributed by atoms with Gasteiger partial charge in [0.15, 0.2) is 11.5 Å². The summed E-state index contributed by atoms with van der Waals surface area (Å²) >= 11 is 0. The highest BCUT2D eigenvalue weighted by Gasteiger charge is 2.35. The number of nitrogens with one attached hydrogen (secondary N) is 1. The van der Waals surface area contributed by atoms with E-state index in [9.17, 15) is 13.2 Å². The van der Waals surface area contributed by atoms with Gasteiger partial charge < -0.3 is 14.8 Å². The zero-order chi connectivity index (χ0) is 27.2. The molecule has 1 aliphatic rings. The lowest BCUT2D eigenvalue weighted by molar-refractivity contribution is -0.138. The van der Waals surface area contributed by atoms with E-state index in [4.69, 9.17) is 9.47 Å². The first-order chi connectivity index (χ1) is 18.6. The van der Waals surface area contributed by atoms with Crippen molar-refractivity contribution in [1.82, 2.24) is 29.5 Å². The van der Waals surface area contributed by atoms with Crippen molar-refractivity contribution in [2.45, 2.75) is 32.0 Å². The van der Waals surface area contributed by atoms with E-state index in [0.29, 0.717) is 41.3 Å². The first kappa shape index (κ1) is 24.5. The number of ether oxygens (including phenoxy) is 2. The maximum atomic E-state index is 14.0. The summed E-state index contributed by atoms with van der Waals surface area (Å²) in [5.41, 5.74) is 0.857. The monoisotopic (exact) mass is 534 g/mol. The van der Waals surface area contributed by atoms with Gasteiger partial charge in [-0.05, 0) is 49.7 Å². The van der Waals surface area contributed by atoms with E-state index in [1.54, 1.807) is 0 Å². The lowest BCUT2D eigenvalue weighted by Crippen LogP contribution is -2.17. The van der Waals surface area contributed by atoms with Crippen LogP contribution in [0.2, 0.25) is 0 Å². The predicted octanol–water partition coefficient (Wildman–Crippen LogP) is 5.37. The molecular weight excluding hydrogens is 513 g/mol. The molecule has 0 radical (unpaired) electrons. The highest BCUT2D eigenvalue weighted by molar-refractivity contribution is 5.92. The van der Waals surface area contributed by atoms with Crippen molar-refractivity contribution in [2.24, 2.45) is 4.99 Å². The van der Waals surface area contributed by atoms with Gasteiger partial charge in [-0.3, -0.25) is 4.40 Å². The minimum absolute atomic E-state index is 0.0460. The van der Waals surface area contributed by atoms with Gasteiger partial charge >= 0.3 is 6.18 Å². The Kier molecular flexibility index (Phi) is 5.78. The summed E-state index contributed by atoms with van der Waals surface area (Å²) in [5.74, 6) is 0.542. The van der Waals surface area contributed by atoms with Crippen LogP contribution in [0.25, 0.3) is 16.6 Å². The topological polar surface area (TPSA) is 112 Å². The quantitative estimate of drug-likeness (QED) is 0.309. The Morgan fingerprint density at radius 1 is 1.05 bits per heavy atom. The lowest BCUT2D eigenvalue weighted by Gasteiger charge is -2.16. The number of hydrogen-bond donors (Lipinski definition) is 1. The molecule has 1 aliphatic heterocycles. The van der Waals surface area contributed by atoms with Crippen molar-refractivity contribution in [3.05, 3.63) is 72.6 Å². The molecule has 13 heteroatoms. The number of nitrogens with zero attached hydrogens (tertiary/aromatic N) is 7. The van der Waals surface area contributed by atoms with Gasteiger partial charge in [0.1, 0.15) is 42.7 Å². The summed E-state index contributed by atoms with van der Waals surface area (Å²) in [6, 6.07) is 10.7. The Balaban J connectivity index is 1.30. The van der Waals surface area contributed by atoms with Gasteiger partial charge in [0.2, 0.25) is 5.88 Å². The van der Waals surface area contributed by atoms with Crippen LogP contribution in [0.5, 0.6) is 11.6 Å². The summed E-state index contributed by atoms with van der Waals surface area (Å²) in [6.07, 6.45) is -0.0830. The molecule has 39 heavy (non-hydrogen) atoms. The highest BCUT2D eigenvalue weighted by atomic mass is 19.4. The van der Waals surface area contributed by atoms with Crippen LogP contribution in [0, 0.1) is 0 Å². The van der Waals surface area contributed by atoms with Crippen molar-refractivity contribution in [1.29, 1.82) is 0 Å². The van der Waals surface area contributed by atoms with Crippen molar-refractivity contribution in [3.63, 3.8) is 0 Å². The van der Waals surface area contributed by atoms with E-state index in [-0.39, 0.29) is 17.1 Å². The predicted molar refractivity (Wildman–Crippen MR) is 136 cm³/mol. The van der Waals surface area contributed by atoms with Crippen LogP contribution in [0.15, 0.2) is 66.4 Å². The molecule has 6 rings (SSSR count). The average Bonchev–Trinajstić information content (AvgIpc) is 3.49. The van der Waals surface area contributed by atoms with Gasteiger partial charge in [0, 0.05) is 23.6 Å². The number of aromatic nitrogens is 6. The zero-order valence-corrected chi connectivity index (χ0v) is 20.8. The van der Waals surface area contributed by atoms with Gasteiger partial charge in [-0.25, -0.2) is 19.9 Å². The second-order valence-corrected chi connectivity index (χ2v) is 9.62. The highest BCUT2D eigenvalue weighted by Crippen LogP contribution is 2.40. The van der Waals surface area contributed by atoms with Gasteiger partial charge in [0.25, 0.3) is 0 Å². The molecule has 0 saturated carbocycles. The minimum atomic E-state index is -4.69. The molecule has 1 N–H and O–H groups in total. The van der Waals surface area contributed by atoms with E-state index in [1.165, 1.54) is 41.6 Å². The summed E-state index contributed by atoms with van der Waals surface area (Å²) in [5, 5.41) is 11.2. The molecule has 198 valence electrons. The Bertz CT molecular complexity index is 1730. The Morgan fingerprint density at radius 3 is 2.72 bits per heavy atom. The van der Waals surface area contributed by atoms with E-state index < -0.39 is 17.5 Å². The standard InChI is InChI=1S/C26H21F3N8O2/c1-25(2)11-38-23(35-25)8-15-3-5-19-17(7-15)24(31-12-30-19)34-16-4-6-20(18(9-16)26(27,28)29)39-22-10-21-36-33-14-37(21)13-32-22/h3-7,9-10,12-14H,8,11H2,1-2H3,(H,30,31,34). The normalized spacial score (nSPS) is 14.8. The molecule has 4 heterocycles. The number of anilines is 2. The molecule has 0 unspecified atom stereocenters. The fourth-order valence-corrected chi connectivity index (χ4v) is 4.17.